The number of methoxy groups -OCH3 is 1. The van der Waals surface area contributed by atoms with E-state index >= 15 is 0 Å². The van der Waals surface area contributed by atoms with Crippen LogP contribution in [0.4, 0.5) is 5.69 Å². The molecule has 0 aliphatic carbocycles. The Kier molecular flexibility index (Phi) is 4.67. The van der Waals surface area contributed by atoms with Gasteiger partial charge < -0.3 is 14.6 Å². The highest BCUT2D eigenvalue weighted by molar-refractivity contribution is 6.31. The van der Waals surface area contributed by atoms with Crippen LogP contribution in [0, 0.1) is 0 Å². The van der Waals surface area contributed by atoms with Crippen LogP contribution in [0.5, 0.6) is 5.75 Å². The van der Waals surface area contributed by atoms with Crippen molar-refractivity contribution < 1.29 is 4.74 Å². The third-order valence-corrected chi connectivity index (χ3v) is 4.74. The van der Waals surface area contributed by atoms with Crippen LogP contribution in [-0.4, -0.2) is 23.2 Å². The van der Waals surface area contributed by atoms with Gasteiger partial charge in [-0.25, -0.2) is 4.98 Å². The van der Waals surface area contributed by atoms with Crippen LogP contribution in [0.25, 0.3) is 21.8 Å². The zero-order valence-corrected chi connectivity index (χ0v) is 15.3. The molecule has 4 aromatic rings. The number of halogens is 1. The predicted molar refractivity (Wildman–Crippen MR) is 108 cm³/mol. The molecule has 4 rings (SSSR count). The molecule has 0 saturated heterocycles. The summed E-state index contributed by atoms with van der Waals surface area (Å²) in [6.45, 7) is 1.85. The maximum Gasteiger partial charge on any atom is 0.119 e. The average Bonchev–Trinajstić information content (AvgIpc) is 3.17. The summed E-state index contributed by atoms with van der Waals surface area (Å²) in [5.41, 5.74) is 2.89. The quantitative estimate of drug-likeness (QED) is 0.369. The number of nitrogens with zero attached hydrogens (tertiary/aromatic N) is 2. The van der Waals surface area contributed by atoms with Gasteiger partial charge in [0, 0.05) is 41.3 Å². The summed E-state index contributed by atoms with van der Waals surface area (Å²) in [7, 11) is 1.68. The molecule has 0 fully saturated rings. The van der Waals surface area contributed by atoms with Crippen LogP contribution >= 0.6 is 11.6 Å². The molecular weight excluding hydrogens is 346 g/mol. The second kappa shape index (κ2) is 7.26. The van der Waals surface area contributed by atoms with E-state index in [-0.39, 0.29) is 0 Å². The second-order valence-electron chi connectivity index (χ2n) is 6.23. The van der Waals surface area contributed by atoms with Crippen molar-refractivity contribution in [3.8, 4) is 5.75 Å². The van der Waals surface area contributed by atoms with Gasteiger partial charge in [0.1, 0.15) is 5.75 Å². The largest absolute Gasteiger partial charge is 0.497 e. The Bertz CT molecular complexity index is 1040. The van der Waals surface area contributed by atoms with Crippen LogP contribution in [0.15, 0.2) is 60.9 Å². The number of ether oxygens (including phenoxy) is 1. The lowest BCUT2D eigenvalue weighted by atomic mass is 10.1. The van der Waals surface area contributed by atoms with E-state index in [0.29, 0.717) is 5.02 Å². The number of hydrogen-bond acceptors (Lipinski definition) is 3. The highest BCUT2D eigenvalue weighted by atomic mass is 35.5. The summed E-state index contributed by atoms with van der Waals surface area (Å²) in [6, 6.07) is 15.9. The zero-order valence-electron chi connectivity index (χ0n) is 14.6. The molecule has 4 nitrogen and oxygen atoms in total. The lowest BCUT2D eigenvalue weighted by molar-refractivity contribution is 0.415. The molecule has 0 amide bonds. The summed E-state index contributed by atoms with van der Waals surface area (Å²) in [5, 5.41) is 6.42. The predicted octanol–water partition coefficient (Wildman–Crippen LogP) is 5.35. The summed E-state index contributed by atoms with van der Waals surface area (Å²) < 4.78 is 7.59. The number of hydrogen-bond donors (Lipinski definition) is 1. The van der Waals surface area contributed by atoms with Gasteiger partial charge in [0.25, 0.3) is 0 Å². The van der Waals surface area contributed by atoms with Gasteiger partial charge in [-0.2, -0.15) is 0 Å². The smallest absolute Gasteiger partial charge is 0.119 e. The third-order valence-electron chi connectivity index (χ3n) is 4.50. The monoisotopic (exact) mass is 365 g/mol. The van der Waals surface area contributed by atoms with Gasteiger partial charge >= 0.3 is 0 Å². The molecule has 2 aromatic carbocycles. The lowest BCUT2D eigenvalue weighted by Crippen LogP contribution is -2.07. The molecule has 26 heavy (non-hydrogen) atoms. The molecule has 2 heterocycles. The molecule has 1 N–H and O–H groups in total. The minimum Gasteiger partial charge on any atom is -0.497 e. The van der Waals surface area contributed by atoms with Crippen LogP contribution < -0.4 is 10.1 Å². The van der Waals surface area contributed by atoms with E-state index in [1.54, 1.807) is 7.11 Å². The summed E-state index contributed by atoms with van der Waals surface area (Å²) >= 11 is 6.17. The number of fused-ring (bicyclic) bond motifs is 2. The number of benzene rings is 2. The van der Waals surface area contributed by atoms with E-state index in [2.05, 4.69) is 22.3 Å². The number of pyridine rings is 1. The van der Waals surface area contributed by atoms with Crippen molar-refractivity contribution in [1.82, 2.24) is 9.55 Å². The highest BCUT2D eigenvalue weighted by Gasteiger charge is 2.10. The zero-order chi connectivity index (χ0) is 17.9. The van der Waals surface area contributed by atoms with Crippen LogP contribution in [0.3, 0.4) is 0 Å². The number of nitrogens with one attached hydrogen (secondary N) is 1. The van der Waals surface area contributed by atoms with Crippen molar-refractivity contribution in [2.24, 2.45) is 0 Å². The Balaban J connectivity index is 1.70. The van der Waals surface area contributed by atoms with Crippen LogP contribution in [-0.2, 0) is 6.54 Å². The first kappa shape index (κ1) is 16.7. The van der Waals surface area contributed by atoms with E-state index in [1.807, 2.05) is 48.5 Å². The Hall–Kier alpha value is -2.72. The molecule has 0 aliphatic heterocycles. The SMILES string of the molecule is COc1ccc2nc3cc(Cl)ccc3c(NCCCn3cccc3)c2c1. The first-order valence-corrected chi connectivity index (χ1v) is 9.04. The van der Waals surface area contributed by atoms with E-state index < -0.39 is 0 Å². The number of anilines is 1. The van der Waals surface area contributed by atoms with Gasteiger partial charge in [0.15, 0.2) is 0 Å². The standard InChI is InChI=1S/C21H20ClN3O/c1-26-16-6-8-19-18(14-16)21(17-7-5-15(22)13-20(17)24-19)23-9-4-12-25-10-2-3-11-25/h2-3,5-8,10-11,13-14H,4,9,12H2,1H3,(H,23,24). The summed E-state index contributed by atoms with van der Waals surface area (Å²) in [6.07, 6.45) is 5.20. The average molecular weight is 366 g/mol. The fraction of sp³-hybridized carbons (Fsp3) is 0.190. The van der Waals surface area contributed by atoms with E-state index in [0.717, 1.165) is 52.8 Å². The molecule has 0 aliphatic rings. The molecule has 0 saturated carbocycles. The summed E-state index contributed by atoms with van der Waals surface area (Å²) in [4.78, 5) is 4.76. The fourth-order valence-corrected chi connectivity index (χ4v) is 3.37. The highest BCUT2D eigenvalue weighted by Crippen LogP contribution is 2.34. The number of aryl methyl sites for hydroxylation is 1. The Morgan fingerprint density at radius 3 is 2.69 bits per heavy atom. The van der Waals surface area contributed by atoms with E-state index in [4.69, 9.17) is 21.3 Å². The minimum absolute atomic E-state index is 0.691. The van der Waals surface area contributed by atoms with Crippen molar-refractivity contribution in [3.63, 3.8) is 0 Å². The van der Waals surface area contributed by atoms with Crippen LogP contribution in [0.1, 0.15) is 6.42 Å². The first-order chi connectivity index (χ1) is 12.7. The van der Waals surface area contributed by atoms with Gasteiger partial charge in [-0.3, -0.25) is 0 Å². The Morgan fingerprint density at radius 2 is 1.88 bits per heavy atom. The van der Waals surface area contributed by atoms with Gasteiger partial charge in [-0.05, 0) is 55.0 Å². The van der Waals surface area contributed by atoms with E-state index in [1.165, 1.54) is 0 Å². The van der Waals surface area contributed by atoms with Crippen molar-refractivity contribution in [2.75, 3.05) is 19.0 Å². The van der Waals surface area contributed by atoms with Gasteiger partial charge in [-0.1, -0.05) is 11.6 Å². The topological polar surface area (TPSA) is 39.1 Å². The van der Waals surface area contributed by atoms with Crippen molar-refractivity contribution in [3.05, 3.63) is 65.9 Å². The first-order valence-electron chi connectivity index (χ1n) is 8.66. The maximum absolute atomic E-state index is 6.17. The number of aromatic nitrogens is 2. The van der Waals surface area contributed by atoms with Gasteiger partial charge in [-0.15, -0.1) is 0 Å². The van der Waals surface area contributed by atoms with Gasteiger partial charge in [0.2, 0.25) is 0 Å². The van der Waals surface area contributed by atoms with Crippen LogP contribution in [0.2, 0.25) is 5.02 Å². The maximum atomic E-state index is 6.17. The molecular formula is C21H20ClN3O. The Labute approximate surface area is 157 Å². The lowest BCUT2D eigenvalue weighted by Gasteiger charge is -2.14. The molecule has 0 unspecified atom stereocenters. The van der Waals surface area contributed by atoms with Crippen molar-refractivity contribution in [1.29, 1.82) is 0 Å². The third kappa shape index (κ3) is 3.33. The summed E-state index contributed by atoms with van der Waals surface area (Å²) in [5.74, 6) is 0.822. The normalized spacial score (nSPS) is 11.2. The Morgan fingerprint density at radius 1 is 1.04 bits per heavy atom. The molecule has 0 spiro atoms. The van der Waals surface area contributed by atoms with Crippen molar-refractivity contribution >= 4 is 39.1 Å². The molecule has 2 aromatic heterocycles. The molecule has 0 radical (unpaired) electrons. The van der Waals surface area contributed by atoms with E-state index in [9.17, 15) is 0 Å². The molecule has 5 heteroatoms. The van der Waals surface area contributed by atoms with Gasteiger partial charge in [0.05, 0.1) is 23.8 Å². The molecule has 0 atom stereocenters. The minimum atomic E-state index is 0.691. The van der Waals surface area contributed by atoms with Crippen molar-refractivity contribution in [2.45, 2.75) is 13.0 Å². The molecule has 132 valence electrons. The number of rotatable bonds is 6. The molecule has 0 bridgehead atoms. The second-order valence-corrected chi connectivity index (χ2v) is 6.67. The fourth-order valence-electron chi connectivity index (χ4n) is 3.21.